The van der Waals surface area contributed by atoms with Crippen molar-refractivity contribution >= 4 is 5.97 Å². The molecule has 0 saturated carbocycles. The molecule has 0 aromatic rings. The van der Waals surface area contributed by atoms with Crippen LogP contribution in [0.2, 0.25) is 0 Å². The van der Waals surface area contributed by atoms with E-state index in [2.05, 4.69) is 16.4 Å². The van der Waals surface area contributed by atoms with Gasteiger partial charge in [0.25, 0.3) is 0 Å². The summed E-state index contributed by atoms with van der Waals surface area (Å²) in [7, 11) is 0. The van der Waals surface area contributed by atoms with Crippen molar-refractivity contribution in [2.75, 3.05) is 6.54 Å². The lowest BCUT2D eigenvalue weighted by molar-refractivity contribution is -0.138. The first kappa shape index (κ1) is 5.49. The van der Waals surface area contributed by atoms with Crippen molar-refractivity contribution < 1.29 is 9.90 Å². The van der Waals surface area contributed by atoms with Gasteiger partial charge in [0.15, 0.2) is 0 Å². The average Bonchev–Trinajstić information content (AvgIpc) is 2.12. The van der Waals surface area contributed by atoms with E-state index in [0.29, 0.717) is 6.54 Å². The molecule has 0 aromatic carbocycles. The smallest absolute Gasteiger partial charge is 0.323 e. The number of aliphatic carboxylic acids is 1. The van der Waals surface area contributed by atoms with Crippen LogP contribution < -0.4 is 16.4 Å². The number of carbonyl (C=O) groups is 1. The van der Waals surface area contributed by atoms with Gasteiger partial charge in [0, 0.05) is 6.54 Å². The summed E-state index contributed by atoms with van der Waals surface area (Å²) in [6.07, 6.45) is 0. The zero-order chi connectivity index (χ0) is 5.98. The highest BCUT2D eigenvalue weighted by molar-refractivity contribution is 5.73. The van der Waals surface area contributed by atoms with E-state index >= 15 is 0 Å². The van der Waals surface area contributed by atoms with E-state index < -0.39 is 12.0 Å². The number of hydrazine groups is 2. The minimum absolute atomic E-state index is 0.426. The number of hydrogen-bond acceptors (Lipinski definition) is 4. The molecule has 0 radical (unpaired) electrons. The highest BCUT2D eigenvalue weighted by Gasteiger charge is 2.19. The second kappa shape index (κ2) is 2.08. The molecular formula is C3H7N3O2. The molecule has 5 heteroatoms. The molecular weight excluding hydrogens is 110 g/mol. The Balaban J connectivity index is 2.35. The SMILES string of the molecule is O=C(O)C1CNNN1. The summed E-state index contributed by atoms with van der Waals surface area (Å²) in [5, 5.41) is 8.27. The van der Waals surface area contributed by atoms with Crippen molar-refractivity contribution in [3.8, 4) is 0 Å². The molecule has 4 N–H and O–H groups in total. The van der Waals surface area contributed by atoms with Gasteiger partial charge in [-0.25, -0.2) is 10.9 Å². The summed E-state index contributed by atoms with van der Waals surface area (Å²) < 4.78 is 0. The first-order chi connectivity index (χ1) is 3.80. The topological polar surface area (TPSA) is 73.4 Å². The Morgan fingerprint density at radius 1 is 1.75 bits per heavy atom. The molecule has 1 rings (SSSR count). The maximum atomic E-state index is 10.1. The van der Waals surface area contributed by atoms with Gasteiger partial charge in [-0.05, 0) is 0 Å². The molecule has 0 bridgehead atoms. The van der Waals surface area contributed by atoms with Crippen LogP contribution in [0.15, 0.2) is 0 Å². The molecule has 5 nitrogen and oxygen atoms in total. The Kier molecular flexibility index (Phi) is 1.43. The fourth-order valence-corrected chi connectivity index (χ4v) is 0.491. The van der Waals surface area contributed by atoms with Crippen LogP contribution in [0.4, 0.5) is 0 Å². The maximum absolute atomic E-state index is 10.1. The Labute approximate surface area is 46.0 Å². The number of carboxylic acid groups (broad SMARTS) is 1. The molecule has 8 heavy (non-hydrogen) atoms. The van der Waals surface area contributed by atoms with E-state index in [1.165, 1.54) is 0 Å². The summed E-state index contributed by atoms with van der Waals surface area (Å²) in [6.45, 7) is 0.426. The zero-order valence-corrected chi connectivity index (χ0v) is 4.14. The van der Waals surface area contributed by atoms with E-state index in [4.69, 9.17) is 5.11 Å². The van der Waals surface area contributed by atoms with Gasteiger partial charge < -0.3 is 5.11 Å². The Bertz CT molecular complexity index is 98.7. The van der Waals surface area contributed by atoms with Gasteiger partial charge in [-0.15, -0.1) is 0 Å². The predicted octanol–water partition coefficient (Wildman–Crippen LogP) is -1.95. The fraction of sp³-hybridized carbons (Fsp3) is 0.667. The van der Waals surface area contributed by atoms with Gasteiger partial charge in [-0.1, -0.05) is 0 Å². The molecule has 0 aromatic heterocycles. The lowest BCUT2D eigenvalue weighted by atomic mass is 10.3. The van der Waals surface area contributed by atoms with Gasteiger partial charge in [0.1, 0.15) is 6.04 Å². The minimum Gasteiger partial charge on any atom is -0.480 e. The first-order valence-corrected chi connectivity index (χ1v) is 2.27. The van der Waals surface area contributed by atoms with Crippen LogP contribution in [-0.4, -0.2) is 23.7 Å². The van der Waals surface area contributed by atoms with Gasteiger partial charge in [0.2, 0.25) is 0 Å². The van der Waals surface area contributed by atoms with Crippen LogP contribution in [0.1, 0.15) is 0 Å². The minimum atomic E-state index is -0.845. The molecule has 1 unspecified atom stereocenters. The normalized spacial score (nSPS) is 28.2. The van der Waals surface area contributed by atoms with Crippen LogP contribution in [-0.2, 0) is 4.79 Å². The van der Waals surface area contributed by atoms with E-state index in [1.807, 2.05) is 0 Å². The monoisotopic (exact) mass is 117 g/mol. The lowest BCUT2D eigenvalue weighted by Crippen LogP contribution is -2.37. The maximum Gasteiger partial charge on any atom is 0.323 e. The van der Waals surface area contributed by atoms with Gasteiger partial charge in [0.05, 0.1) is 0 Å². The third kappa shape index (κ3) is 0.945. The van der Waals surface area contributed by atoms with Crippen LogP contribution in [0.25, 0.3) is 0 Å². The Morgan fingerprint density at radius 3 is 2.75 bits per heavy atom. The largest absolute Gasteiger partial charge is 0.480 e. The van der Waals surface area contributed by atoms with E-state index in [-0.39, 0.29) is 0 Å². The van der Waals surface area contributed by atoms with Gasteiger partial charge >= 0.3 is 5.97 Å². The molecule has 0 amide bonds. The quantitative estimate of drug-likeness (QED) is 0.321. The van der Waals surface area contributed by atoms with E-state index in [9.17, 15) is 4.79 Å². The second-order valence-electron chi connectivity index (χ2n) is 1.54. The molecule has 1 saturated heterocycles. The summed E-state index contributed by atoms with van der Waals surface area (Å²) in [5.74, 6) is -0.845. The Hall–Kier alpha value is -0.650. The number of hydrogen-bond donors (Lipinski definition) is 4. The van der Waals surface area contributed by atoms with E-state index in [0.717, 1.165) is 0 Å². The van der Waals surface area contributed by atoms with Crippen LogP contribution >= 0.6 is 0 Å². The summed E-state index contributed by atoms with van der Waals surface area (Å²) >= 11 is 0. The Morgan fingerprint density at radius 2 is 2.50 bits per heavy atom. The fourth-order valence-electron chi connectivity index (χ4n) is 0.491. The van der Waals surface area contributed by atoms with Crippen LogP contribution in [0.3, 0.4) is 0 Å². The van der Waals surface area contributed by atoms with Gasteiger partial charge in [-0.2, -0.15) is 5.53 Å². The first-order valence-electron chi connectivity index (χ1n) is 2.27. The highest BCUT2D eigenvalue weighted by Crippen LogP contribution is 1.81. The van der Waals surface area contributed by atoms with Crippen molar-refractivity contribution in [3.63, 3.8) is 0 Å². The number of rotatable bonds is 1. The summed E-state index contributed by atoms with van der Waals surface area (Å²) in [4.78, 5) is 10.1. The summed E-state index contributed by atoms with van der Waals surface area (Å²) in [6, 6.07) is -0.491. The van der Waals surface area contributed by atoms with Crippen molar-refractivity contribution in [2.45, 2.75) is 6.04 Å². The molecule has 46 valence electrons. The third-order valence-electron chi connectivity index (χ3n) is 0.939. The molecule has 1 atom stereocenters. The van der Waals surface area contributed by atoms with Crippen molar-refractivity contribution in [1.29, 1.82) is 0 Å². The summed E-state index contributed by atoms with van der Waals surface area (Å²) in [5.41, 5.74) is 7.58. The van der Waals surface area contributed by atoms with Crippen molar-refractivity contribution in [1.82, 2.24) is 16.4 Å². The number of carboxylic acids is 1. The second-order valence-corrected chi connectivity index (χ2v) is 1.54. The average molecular weight is 117 g/mol. The molecule has 0 aliphatic carbocycles. The molecule has 1 aliphatic heterocycles. The van der Waals surface area contributed by atoms with Crippen LogP contribution in [0, 0.1) is 0 Å². The third-order valence-corrected chi connectivity index (χ3v) is 0.939. The van der Waals surface area contributed by atoms with Gasteiger partial charge in [-0.3, -0.25) is 4.79 Å². The van der Waals surface area contributed by atoms with Crippen molar-refractivity contribution in [2.24, 2.45) is 0 Å². The molecule has 1 aliphatic rings. The molecule has 1 fully saturated rings. The lowest BCUT2D eigenvalue weighted by Gasteiger charge is -1.97. The standard InChI is InChI=1S/C3H7N3O2/c7-3(8)2-1-4-6-5-2/h2,4-6H,1H2,(H,7,8). The number of nitrogens with one attached hydrogen (secondary N) is 3. The molecule has 1 heterocycles. The van der Waals surface area contributed by atoms with E-state index in [1.54, 1.807) is 0 Å². The zero-order valence-electron chi connectivity index (χ0n) is 4.14. The molecule has 0 spiro atoms. The van der Waals surface area contributed by atoms with Crippen LogP contribution in [0.5, 0.6) is 0 Å². The predicted molar refractivity (Wildman–Crippen MR) is 25.7 cm³/mol. The highest BCUT2D eigenvalue weighted by atomic mass is 16.4. The van der Waals surface area contributed by atoms with Crippen molar-refractivity contribution in [3.05, 3.63) is 0 Å².